The van der Waals surface area contributed by atoms with Crippen LogP contribution < -0.4 is 16.0 Å². The number of rotatable bonds is 8. The van der Waals surface area contributed by atoms with Crippen LogP contribution in [0.2, 0.25) is 0 Å². The van der Waals surface area contributed by atoms with Gasteiger partial charge in [0.15, 0.2) is 5.96 Å². The minimum absolute atomic E-state index is 0. The average molecular weight is 572 g/mol. The van der Waals surface area contributed by atoms with E-state index in [1.54, 1.807) is 0 Å². The van der Waals surface area contributed by atoms with E-state index in [0.29, 0.717) is 6.54 Å². The van der Waals surface area contributed by atoms with Gasteiger partial charge < -0.3 is 20.7 Å². The molecule has 0 aromatic heterocycles. The molecule has 0 spiro atoms. The zero-order chi connectivity index (χ0) is 22.8. The van der Waals surface area contributed by atoms with E-state index in [0.717, 1.165) is 56.6 Å². The van der Waals surface area contributed by atoms with Crippen molar-refractivity contribution in [3.8, 4) is 0 Å². The van der Waals surface area contributed by atoms with Gasteiger partial charge in [0.25, 0.3) is 0 Å². The maximum absolute atomic E-state index is 11.9. The summed E-state index contributed by atoms with van der Waals surface area (Å²) in [5.41, 5.74) is 2.14. The minimum Gasteiger partial charge on any atom is -0.379 e. The first-order valence-electron chi connectivity index (χ1n) is 12.3. The molecule has 1 heterocycles. The van der Waals surface area contributed by atoms with Gasteiger partial charge in [-0.1, -0.05) is 45.2 Å². The van der Waals surface area contributed by atoms with Crippen LogP contribution >= 0.6 is 24.0 Å². The molecule has 1 aromatic carbocycles. The van der Waals surface area contributed by atoms with Crippen molar-refractivity contribution in [3.05, 3.63) is 29.8 Å². The molecule has 2 aliphatic rings. The Labute approximate surface area is 216 Å². The standard InChI is InChI=1S/C25H41N5O2.HI/c1-4-26-24(27-18-21-8-10-22(11-9-21)29-23(31)20(2)3)28-19-25(12-6-5-7-13-25)30-14-16-32-17-15-30;/h8-11,20H,4-7,12-19H2,1-3H3,(H,29,31)(H2,26,27,28);1H. The number of aliphatic imine (C=N–C) groups is 1. The number of guanidine groups is 1. The monoisotopic (exact) mass is 571 g/mol. The summed E-state index contributed by atoms with van der Waals surface area (Å²) in [6.45, 7) is 11.9. The second kappa shape index (κ2) is 14.1. The van der Waals surface area contributed by atoms with Crippen LogP contribution in [0.1, 0.15) is 58.4 Å². The van der Waals surface area contributed by atoms with Crippen LogP contribution in [-0.2, 0) is 16.1 Å². The number of ether oxygens (including phenoxy) is 1. The van der Waals surface area contributed by atoms with Crippen molar-refractivity contribution in [2.45, 2.75) is 65.0 Å². The molecule has 0 bridgehead atoms. The maximum Gasteiger partial charge on any atom is 0.226 e. The van der Waals surface area contributed by atoms with Crippen LogP contribution in [0.5, 0.6) is 0 Å². The lowest BCUT2D eigenvalue weighted by Crippen LogP contribution is -2.60. The highest BCUT2D eigenvalue weighted by Gasteiger charge is 2.38. The van der Waals surface area contributed by atoms with Crippen molar-refractivity contribution in [2.75, 3.05) is 44.7 Å². The van der Waals surface area contributed by atoms with Gasteiger partial charge in [0.2, 0.25) is 5.91 Å². The molecule has 1 saturated heterocycles. The Balaban J connectivity index is 0.00000385. The van der Waals surface area contributed by atoms with Crippen molar-refractivity contribution < 1.29 is 9.53 Å². The summed E-state index contributed by atoms with van der Waals surface area (Å²) >= 11 is 0. The summed E-state index contributed by atoms with van der Waals surface area (Å²) in [6, 6.07) is 7.95. The van der Waals surface area contributed by atoms with E-state index in [4.69, 9.17) is 9.73 Å². The molecule has 186 valence electrons. The summed E-state index contributed by atoms with van der Waals surface area (Å²) in [5, 5.41) is 9.98. The SMILES string of the molecule is CCNC(=NCc1ccc(NC(=O)C(C)C)cc1)NCC1(N2CCOCC2)CCCCC1.I. The maximum atomic E-state index is 11.9. The Morgan fingerprint density at radius 1 is 1.09 bits per heavy atom. The highest BCUT2D eigenvalue weighted by molar-refractivity contribution is 14.0. The zero-order valence-electron chi connectivity index (χ0n) is 20.5. The van der Waals surface area contributed by atoms with E-state index in [1.165, 1.54) is 32.1 Å². The molecule has 0 radical (unpaired) electrons. The summed E-state index contributed by atoms with van der Waals surface area (Å²) in [4.78, 5) is 19.3. The van der Waals surface area contributed by atoms with Gasteiger partial charge in [-0.2, -0.15) is 0 Å². The summed E-state index contributed by atoms with van der Waals surface area (Å²) < 4.78 is 5.61. The molecule has 8 heteroatoms. The summed E-state index contributed by atoms with van der Waals surface area (Å²) in [7, 11) is 0. The number of carbonyl (C=O) groups excluding carboxylic acids is 1. The van der Waals surface area contributed by atoms with Crippen LogP contribution in [0.15, 0.2) is 29.3 Å². The normalized spacial score (nSPS) is 19.0. The van der Waals surface area contributed by atoms with E-state index in [1.807, 2.05) is 38.1 Å². The Bertz CT molecular complexity index is 742. The number of hydrogen-bond acceptors (Lipinski definition) is 4. The van der Waals surface area contributed by atoms with Crippen molar-refractivity contribution >= 4 is 41.5 Å². The predicted molar refractivity (Wildman–Crippen MR) is 146 cm³/mol. The van der Waals surface area contributed by atoms with Crippen LogP contribution in [0.3, 0.4) is 0 Å². The first-order valence-corrected chi connectivity index (χ1v) is 12.3. The lowest BCUT2D eigenvalue weighted by molar-refractivity contribution is -0.118. The second-order valence-corrected chi connectivity index (χ2v) is 9.27. The smallest absolute Gasteiger partial charge is 0.226 e. The molecular weight excluding hydrogens is 529 g/mol. The summed E-state index contributed by atoms with van der Waals surface area (Å²) in [5.74, 6) is 0.868. The van der Waals surface area contributed by atoms with Gasteiger partial charge in [0, 0.05) is 43.3 Å². The molecular formula is C25H42IN5O2. The number of nitrogens with zero attached hydrogens (tertiary/aromatic N) is 2. The number of amides is 1. The van der Waals surface area contributed by atoms with E-state index >= 15 is 0 Å². The molecule has 1 aliphatic heterocycles. The van der Waals surface area contributed by atoms with E-state index in [2.05, 4.69) is 27.8 Å². The number of carbonyl (C=O) groups is 1. The third-order valence-corrected chi connectivity index (χ3v) is 6.56. The Morgan fingerprint density at radius 2 is 1.76 bits per heavy atom. The molecule has 3 N–H and O–H groups in total. The molecule has 0 unspecified atom stereocenters. The fourth-order valence-corrected chi connectivity index (χ4v) is 4.59. The number of halogens is 1. The molecule has 33 heavy (non-hydrogen) atoms. The molecule has 0 atom stereocenters. The first kappa shape index (κ1) is 27.9. The number of anilines is 1. The van der Waals surface area contributed by atoms with E-state index in [-0.39, 0.29) is 41.3 Å². The number of benzene rings is 1. The largest absolute Gasteiger partial charge is 0.379 e. The molecule has 1 aromatic rings. The molecule has 1 saturated carbocycles. The van der Waals surface area contributed by atoms with Crippen LogP contribution in [0.4, 0.5) is 5.69 Å². The quantitative estimate of drug-likeness (QED) is 0.250. The lowest BCUT2D eigenvalue weighted by atomic mass is 9.80. The Kier molecular flexibility index (Phi) is 11.9. The van der Waals surface area contributed by atoms with Gasteiger partial charge in [-0.25, -0.2) is 4.99 Å². The summed E-state index contributed by atoms with van der Waals surface area (Å²) in [6.07, 6.45) is 6.42. The van der Waals surface area contributed by atoms with Crippen LogP contribution in [0.25, 0.3) is 0 Å². The van der Waals surface area contributed by atoms with Gasteiger partial charge >= 0.3 is 0 Å². The second-order valence-electron chi connectivity index (χ2n) is 9.27. The van der Waals surface area contributed by atoms with Gasteiger partial charge in [-0.05, 0) is 37.5 Å². The predicted octanol–water partition coefficient (Wildman–Crippen LogP) is 3.99. The third kappa shape index (κ3) is 8.40. The van der Waals surface area contributed by atoms with Crippen LogP contribution in [-0.4, -0.2) is 61.7 Å². The molecule has 1 aliphatic carbocycles. The fraction of sp³-hybridized carbons (Fsp3) is 0.680. The topological polar surface area (TPSA) is 78.0 Å². The minimum atomic E-state index is -0.0297. The highest BCUT2D eigenvalue weighted by atomic mass is 127. The van der Waals surface area contributed by atoms with Gasteiger partial charge in [0.1, 0.15) is 0 Å². The molecule has 2 fully saturated rings. The van der Waals surface area contributed by atoms with Crippen LogP contribution in [0, 0.1) is 5.92 Å². The van der Waals surface area contributed by atoms with Crippen molar-refractivity contribution in [1.29, 1.82) is 0 Å². The van der Waals surface area contributed by atoms with Gasteiger partial charge in [-0.15, -0.1) is 24.0 Å². The number of nitrogens with one attached hydrogen (secondary N) is 3. The third-order valence-electron chi connectivity index (χ3n) is 6.56. The highest BCUT2D eigenvalue weighted by Crippen LogP contribution is 2.33. The average Bonchev–Trinajstić information content (AvgIpc) is 2.83. The lowest BCUT2D eigenvalue weighted by Gasteiger charge is -2.48. The first-order chi connectivity index (χ1) is 15.5. The van der Waals surface area contributed by atoms with Gasteiger partial charge in [0.05, 0.1) is 19.8 Å². The number of morpholine rings is 1. The fourth-order valence-electron chi connectivity index (χ4n) is 4.59. The molecule has 1 amide bonds. The van der Waals surface area contributed by atoms with Crippen molar-refractivity contribution in [3.63, 3.8) is 0 Å². The van der Waals surface area contributed by atoms with Gasteiger partial charge in [-0.3, -0.25) is 9.69 Å². The van der Waals surface area contributed by atoms with E-state index in [9.17, 15) is 4.79 Å². The Hall–Kier alpha value is -1.39. The zero-order valence-corrected chi connectivity index (χ0v) is 22.8. The van der Waals surface area contributed by atoms with Crippen molar-refractivity contribution in [2.24, 2.45) is 10.9 Å². The molecule has 3 rings (SSSR count). The molecule has 7 nitrogen and oxygen atoms in total. The Morgan fingerprint density at radius 3 is 2.36 bits per heavy atom. The van der Waals surface area contributed by atoms with E-state index < -0.39 is 0 Å². The number of hydrogen-bond donors (Lipinski definition) is 3. The van der Waals surface area contributed by atoms with Crippen molar-refractivity contribution in [1.82, 2.24) is 15.5 Å².